The molecular formula is C15H17NO3. The second-order valence-electron chi connectivity index (χ2n) is 6.11. The van der Waals surface area contributed by atoms with Crippen molar-refractivity contribution in [1.29, 1.82) is 0 Å². The minimum atomic E-state index is -0.258. The fraction of sp³-hybridized carbons (Fsp3) is 0.533. The summed E-state index contributed by atoms with van der Waals surface area (Å²) in [4.78, 5) is 14.4. The average Bonchev–Trinajstić information content (AvgIpc) is 2.65. The van der Waals surface area contributed by atoms with E-state index >= 15 is 0 Å². The number of carbonyl (C=O) groups is 1. The number of carbonyl (C=O) groups excluding carboxylic acids is 1. The van der Waals surface area contributed by atoms with Crippen LogP contribution in [0, 0.1) is 0 Å². The van der Waals surface area contributed by atoms with Crippen LogP contribution >= 0.6 is 0 Å². The molecule has 3 aliphatic rings. The molecule has 2 bridgehead atoms. The zero-order valence-electron chi connectivity index (χ0n) is 10.7. The van der Waals surface area contributed by atoms with E-state index in [-0.39, 0.29) is 22.7 Å². The van der Waals surface area contributed by atoms with E-state index < -0.39 is 0 Å². The number of hydrogen-bond donors (Lipinski definition) is 2. The van der Waals surface area contributed by atoms with Gasteiger partial charge in [-0.1, -0.05) is 6.07 Å². The molecule has 1 aromatic carbocycles. The Morgan fingerprint density at radius 1 is 1.32 bits per heavy atom. The molecule has 1 aliphatic carbocycles. The zero-order chi connectivity index (χ0) is 13.2. The van der Waals surface area contributed by atoms with Crippen molar-refractivity contribution < 1.29 is 15.0 Å². The van der Waals surface area contributed by atoms with Crippen LogP contribution in [0.1, 0.15) is 36.8 Å². The summed E-state index contributed by atoms with van der Waals surface area (Å²) in [5.74, 6) is 0.220. The lowest BCUT2D eigenvalue weighted by molar-refractivity contribution is -0.123. The summed E-state index contributed by atoms with van der Waals surface area (Å²) >= 11 is 0. The number of rotatable bonds is 0. The molecular weight excluding hydrogens is 242 g/mol. The Morgan fingerprint density at radius 3 is 3.00 bits per heavy atom. The van der Waals surface area contributed by atoms with Crippen molar-refractivity contribution in [3.63, 3.8) is 0 Å². The predicted octanol–water partition coefficient (Wildman–Crippen LogP) is 1.68. The largest absolute Gasteiger partial charge is 0.504 e. The Labute approximate surface area is 111 Å². The van der Waals surface area contributed by atoms with Gasteiger partial charge in [-0.2, -0.15) is 0 Å². The molecule has 2 N–H and O–H groups in total. The highest BCUT2D eigenvalue weighted by molar-refractivity contribution is 5.82. The van der Waals surface area contributed by atoms with Crippen molar-refractivity contribution in [3.8, 4) is 11.5 Å². The van der Waals surface area contributed by atoms with Gasteiger partial charge in [-0.15, -0.1) is 0 Å². The third kappa shape index (κ3) is 1.30. The number of benzene rings is 1. The maximum Gasteiger partial charge on any atom is 0.161 e. The number of phenolic OH excluding ortho intramolecular Hbond substituents is 2. The second kappa shape index (κ2) is 3.51. The van der Waals surface area contributed by atoms with E-state index in [1.807, 2.05) is 6.07 Å². The van der Waals surface area contributed by atoms with Crippen molar-refractivity contribution in [3.05, 3.63) is 23.3 Å². The Hall–Kier alpha value is -1.55. The zero-order valence-corrected chi connectivity index (χ0v) is 10.7. The summed E-state index contributed by atoms with van der Waals surface area (Å²) in [6, 6.07) is 3.79. The van der Waals surface area contributed by atoms with Crippen molar-refractivity contribution >= 4 is 5.78 Å². The molecule has 2 aliphatic heterocycles. The van der Waals surface area contributed by atoms with Gasteiger partial charge in [-0.05, 0) is 31.0 Å². The van der Waals surface area contributed by atoms with E-state index in [4.69, 9.17) is 0 Å². The summed E-state index contributed by atoms with van der Waals surface area (Å²) < 4.78 is 0. The highest BCUT2D eigenvalue weighted by atomic mass is 16.3. The fourth-order valence-electron chi connectivity index (χ4n) is 4.52. The van der Waals surface area contributed by atoms with Gasteiger partial charge in [0.1, 0.15) is 5.78 Å². The molecule has 0 amide bonds. The molecule has 0 spiro atoms. The fourth-order valence-corrected chi connectivity index (χ4v) is 4.52. The Kier molecular flexibility index (Phi) is 2.09. The molecule has 2 fully saturated rings. The van der Waals surface area contributed by atoms with E-state index in [0.717, 1.165) is 37.1 Å². The number of phenols is 2. The van der Waals surface area contributed by atoms with Crippen molar-refractivity contribution in [2.45, 2.75) is 43.7 Å². The van der Waals surface area contributed by atoms with Crippen LogP contribution in [0.5, 0.6) is 11.5 Å². The number of Topliss-reactive ketones (excluding diaryl/α,β-unsaturated/α-hetero) is 1. The summed E-state index contributed by atoms with van der Waals surface area (Å²) in [6.45, 7) is 1.80. The van der Waals surface area contributed by atoms with Gasteiger partial charge in [0, 0.05) is 36.4 Å². The summed E-state index contributed by atoms with van der Waals surface area (Å²) in [5.41, 5.74) is 1.66. The lowest BCUT2D eigenvalue weighted by Crippen LogP contribution is -2.50. The molecule has 0 aromatic heterocycles. The third-order valence-corrected chi connectivity index (χ3v) is 5.25. The SMILES string of the molecule is O=C1CC[C@@H]2N3CC[C@@]2(C1)c1c(ccc(O)c1O)C3. The van der Waals surface area contributed by atoms with Crippen LogP contribution in [-0.2, 0) is 16.8 Å². The number of hydrogen-bond acceptors (Lipinski definition) is 4. The van der Waals surface area contributed by atoms with Crippen LogP contribution in [0.3, 0.4) is 0 Å². The topological polar surface area (TPSA) is 60.8 Å². The highest BCUT2D eigenvalue weighted by Gasteiger charge is 2.56. The lowest BCUT2D eigenvalue weighted by Gasteiger charge is -2.46. The van der Waals surface area contributed by atoms with E-state index in [9.17, 15) is 15.0 Å². The highest BCUT2D eigenvalue weighted by Crippen LogP contribution is 2.56. The van der Waals surface area contributed by atoms with Crippen molar-refractivity contribution in [1.82, 2.24) is 4.90 Å². The molecule has 4 nitrogen and oxygen atoms in total. The number of nitrogens with zero attached hydrogens (tertiary/aromatic N) is 1. The lowest BCUT2D eigenvalue weighted by atomic mass is 9.63. The Morgan fingerprint density at radius 2 is 2.16 bits per heavy atom. The predicted molar refractivity (Wildman–Crippen MR) is 69.1 cm³/mol. The van der Waals surface area contributed by atoms with Gasteiger partial charge in [-0.3, -0.25) is 9.69 Å². The Bertz CT molecular complexity index is 583. The number of ketones is 1. The monoisotopic (exact) mass is 259 g/mol. The van der Waals surface area contributed by atoms with Gasteiger partial charge >= 0.3 is 0 Å². The summed E-state index contributed by atoms with van der Waals surface area (Å²) in [6.07, 6.45) is 2.96. The van der Waals surface area contributed by atoms with Gasteiger partial charge in [-0.25, -0.2) is 0 Å². The van der Waals surface area contributed by atoms with E-state index in [0.29, 0.717) is 18.9 Å². The standard InChI is InChI=1S/C15H17NO3/c17-10-2-4-12-15(7-10)5-6-16(12)8-9-1-3-11(18)14(19)13(9)15/h1,3,12,18-19H,2,4-8H2/t12-,15-/m0/s1. The van der Waals surface area contributed by atoms with Gasteiger partial charge in [0.05, 0.1) is 0 Å². The Balaban J connectivity index is 1.97. The van der Waals surface area contributed by atoms with Crippen molar-refractivity contribution in [2.75, 3.05) is 6.54 Å². The van der Waals surface area contributed by atoms with Crippen LogP contribution in [-0.4, -0.2) is 33.5 Å². The first kappa shape index (κ1) is 11.3. The second-order valence-corrected chi connectivity index (χ2v) is 6.11. The van der Waals surface area contributed by atoms with Gasteiger partial charge in [0.25, 0.3) is 0 Å². The first-order chi connectivity index (χ1) is 9.12. The third-order valence-electron chi connectivity index (χ3n) is 5.25. The summed E-state index contributed by atoms with van der Waals surface area (Å²) in [5, 5.41) is 20.1. The van der Waals surface area contributed by atoms with Gasteiger partial charge < -0.3 is 10.2 Å². The van der Waals surface area contributed by atoms with Crippen LogP contribution in [0.4, 0.5) is 0 Å². The molecule has 2 heterocycles. The minimum absolute atomic E-state index is 0.00116. The molecule has 0 radical (unpaired) electrons. The van der Waals surface area contributed by atoms with Crippen LogP contribution in [0.2, 0.25) is 0 Å². The van der Waals surface area contributed by atoms with Crippen LogP contribution in [0.15, 0.2) is 12.1 Å². The first-order valence-electron chi connectivity index (χ1n) is 6.92. The average molecular weight is 259 g/mol. The smallest absolute Gasteiger partial charge is 0.161 e. The molecule has 4 heteroatoms. The molecule has 4 rings (SSSR count). The maximum atomic E-state index is 11.9. The van der Waals surface area contributed by atoms with E-state index in [1.54, 1.807) is 6.07 Å². The molecule has 100 valence electrons. The molecule has 1 aromatic rings. The number of aromatic hydroxyl groups is 2. The van der Waals surface area contributed by atoms with Crippen LogP contribution < -0.4 is 0 Å². The quantitative estimate of drug-likeness (QED) is 0.696. The minimum Gasteiger partial charge on any atom is -0.504 e. The normalized spacial score (nSPS) is 35.9. The van der Waals surface area contributed by atoms with E-state index in [1.165, 1.54) is 0 Å². The van der Waals surface area contributed by atoms with Crippen LogP contribution in [0.25, 0.3) is 0 Å². The molecule has 1 saturated carbocycles. The molecule has 3 atom stereocenters. The first-order valence-corrected chi connectivity index (χ1v) is 6.92. The summed E-state index contributed by atoms with van der Waals surface area (Å²) in [7, 11) is 0. The number of fused-ring (bicyclic) bond motifs is 1. The van der Waals surface area contributed by atoms with Gasteiger partial charge in [0.15, 0.2) is 11.5 Å². The molecule has 19 heavy (non-hydrogen) atoms. The van der Waals surface area contributed by atoms with Crippen molar-refractivity contribution in [2.24, 2.45) is 0 Å². The maximum absolute atomic E-state index is 11.9. The molecule has 1 saturated heterocycles. The van der Waals surface area contributed by atoms with E-state index in [2.05, 4.69) is 4.90 Å². The molecule has 1 unspecified atom stereocenters. The van der Waals surface area contributed by atoms with Gasteiger partial charge in [0.2, 0.25) is 0 Å².